The monoisotopic (exact) mass is 336 g/mol. The number of halogens is 1. The minimum Gasteiger partial charge on any atom is -0.273 e. The summed E-state index contributed by atoms with van der Waals surface area (Å²) in [6, 6.07) is 3.94. The second-order valence-electron chi connectivity index (χ2n) is 5.14. The Morgan fingerprint density at radius 3 is 2.25 bits per heavy atom. The molecule has 0 aromatic carbocycles. The Balaban J connectivity index is 3.01. The lowest BCUT2D eigenvalue weighted by atomic mass is 9.82. The first-order valence-corrected chi connectivity index (χ1v) is 7.16. The molecule has 6 heteroatoms. The Kier molecular flexibility index (Phi) is 5.47. The van der Waals surface area contributed by atoms with Gasteiger partial charge in [-0.15, -0.1) is 0 Å². The summed E-state index contributed by atoms with van der Waals surface area (Å²) >= 11 is 3.38. The Bertz CT molecular complexity index is 578. The molecule has 0 saturated carbocycles. The molecule has 0 amide bonds. The van der Waals surface area contributed by atoms with Crippen molar-refractivity contribution >= 4 is 21.8 Å². The van der Waals surface area contributed by atoms with E-state index < -0.39 is 5.92 Å². The summed E-state index contributed by atoms with van der Waals surface area (Å²) in [7, 11) is 0. The first kappa shape index (κ1) is 16.4. The smallest absolute Gasteiger partial charge is 0.247 e. The number of aromatic nitrogens is 2. The third-order valence-electron chi connectivity index (χ3n) is 3.41. The third-order valence-corrected chi connectivity index (χ3v) is 4.56. The summed E-state index contributed by atoms with van der Waals surface area (Å²) in [4.78, 5) is 12.3. The largest absolute Gasteiger partial charge is 0.273 e. The number of nitriles is 2. The summed E-state index contributed by atoms with van der Waals surface area (Å²) in [6.45, 7) is 7.44. The summed E-state index contributed by atoms with van der Waals surface area (Å²) in [5, 5.41) is 22.2. The molecule has 5 nitrogen and oxygen atoms in total. The van der Waals surface area contributed by atoms with Crippen molar-refractivity contribution in [3.05, 3.63) is 15.9 Å². The molecule has 1 atom stereocenters. The molecule has 20 heavy (non-hydrogen) atoms. The maximum absolute atomic E-state index is 12.3. The quantitative estimate of drug-likeness (QED) is 0.844. The van der Waals surface area contributed by atoms with Crippen LogP contribution in [0.5, 0.6) is 0 Å². The van der Waals surface area contributed by atoms with Gasteiger partial charge in [-0.3, -0.25) is 4.79 Å². The van der Waals surface area contributed by atoms with Crippen LogP contribution in [0.2, 0.25) is 0 Å². The molecule has 106 valence electrons. The van der Waals surface area contributed by atoms with Crippen LogP contribution in [0.1, 0.15) is 36.5 Å². The van der Waals surface area contributed by atoms with Crippen LogP contribution in [0.4, 0.5) is 0 Å². The zero-order chi connectivity index (χ0) is 15.4. The highest BCUT2D eigenvalue weighted by atomic mass is 79.9. The van der Waals surface area contributed by atoms with Gasteiger partial charge in [-0.05, 0) is 41.6 Å². The van der Waals surface area contributed by atoms with Crippen molar-refractivity contribution in [2.45, 2.75) is 34.1 Å². The highest BCUT2D eigenvalue weighted by Gasteiger charge is 2.28. The van der Waals surface area contributed by atoms with Gasteiger partial charge in [0.25, 0.3) is 0 Å². The molecule has 0 saturated heterocycles. The van der Waals surface area contributed by atoms with Gasteiger partial charge in [0.15, 0.2) is 0 Å². The zero-order valence-corrected chi connectivity index (χ0v) is 13.6. The predicted octanol–water partition coefficient (Wildman–Crippen LogP) is 3.23. The molecule has 0 bridgehead atoms. The molecule has 0 aliphatic rings. The van der Waals surface area contributed by atoms with Crippen LogP contribution in [-0.2, 0) is 0 Å². The fourth-order valence-electron chi connectivity index (χ4n) is 2.11. The van der Waals surface area contributed by atoms with Crippen molar-refractivity contribution in [1.82, 2.24) is 9.78 Å². The van der Waals surface area contributed by atoms with Crippen LogP contribution < -0.4 is 0 Å². The zero-order valence-electron chi connectivity index (χ0n) is 12.0. The Hall–Kier alpha value is -1.66. The third kappa shape index (κ3) is 3.26. The SMILES string of the molecule is Cc1nn(C(=O)C[C@H](C(C)C)C(C#N)C#N)c(C)c1Br. The predicted molar refractivity (Wildman–Crippen MR) is 77.7 cm³/mol. The summed E-state index contributed by atoms with van der Waals surface area (Å²) in [5.74, 6) is -1.19. The van der Waals surface area contributed by atoms with Crippen LogP contribution in [-0.4, -0.2) is 15.7 Å². The van der Waals surface area contributed by atoms with Crippen molar-refractivity contribution in [1.29, 1.82) is 10.5 Å². The van der Waals surface area contributed by atoms with Crippen molar-refractivity contribution in [2.24, 2.45) is 17.8 Å². The number of aryl methyl sites for hydroxylation is 1. The molecule has 0 N–H and O–H groups in total. The number of hydrogen-bond acceptors (Lipinski definition) is 4. The summed E-state index contributed by atoms with van der Waals surface area (Å²) < 4.78 is 2.16. The molecule has 0 unspecified atom stereocenters. The van der Waals surface area contributed by atoms with E-state index in [1.54, 1.807) is 6.92 Å². The minimum absolute atomic E-state index is 0.0728. The van der Waals surface area contributed by atoms with Crippen LogP contribution in [0, 0.1) is 54.3 Å². The second kappa shape index (κ2) is 6.67. The Morgan fingerprint density at radius 2 is 1.90 bits per heavy atom. The molecule has 1 heterocycles. The van der Waals surface area contributed by atoms with Crippen molar-refractivity contribution in [3.8, 4) is 12.1 Å². The molecule has 0 aliphatic heterocycles. The summed E-state index contributed by atoms with van der Waals surface area (Å²) in [5.41, 5.74) is 1.48. The number of carbonyl (C=O) groups is 1. The first-order valence-electron chi connectivity index (χ1n) is 6.37. The molecule has 0 aliphatic carbocycles. The van der Waals surface area contributed by atoms with Crippen LogP contribution in [0.15, 0.2) is 4.47 Å². The van der Waals surface area contributed by atoms with E-state index in [2.05, 4.69) is 21.0 Å². The molecule has 0 fully saturated rings. The van der Waals surface area contributed by atoms with Gasteiger partial charge in [-0.1, -0.05) is 13.8 Å². The van der Waals surface area contributed by atoms with Gasteiger partial charge in [0.05, 0.1) is 28.0 Å². The van der Waals surface area contributed by atoms with E-state index in [4.69, 9.17) is 10.5 Å². The van der Waals surface area contributed by atoms with Crippen LogP contribution >= 0.6 is 15.9 Å². The van der Waals surface area contributed by atoms with E-state index in [0.29, 0.717) is 0 Å². The number of hydrogen-bond donors (Lipinski definition) is 0. The van der Waals surface area contributed by atoms with E-state index in [9.17, 15) is 4.79 Å². The Morgan fingerprint density at radius 1 is 1.35 bits per heavy atom. The molecule has 0 radical (unpaired) electrons. The second-order valence-corrected chi connectivity index (χ2v) is 5.93. The average molecular weight is 337 g/mol. The fraction of sp³-hybridized carbons (Fsp3) is 0.571. The lowest BCUT2D eigenvalue weighted by Gasteiger charge is -2.20. The van der Waals surface area contributed by atoms with E-state index in [-0.39, 0.29) is 24.2 Å². The van der Waals surface area contributed by atoms with Crippen molar-refractivity contribution in [2.75, 3.05) is 0 Å². The van der Waals surface area contributed by atoms with Gasteiger partial charge in [-0.2, -0.15) is 15.6 Å². The van der Waals surface area contributed by atoms with Gasteiger partial charge >= 0.3 is 0 Å². The molecule has 1 aromatic heterocycles. The lowest BCUT2D eigenvalue weighted by molar-refractivity contribution is 0.0839. The standard InChI is InChI=1S/C14H17BrN4O/c1-8(2)12(11(6-16)7-17)5-13(20)19-10(4)14(15)9(3)18-19/h8,11-12H,5H2,1-4H3/t12-/m1/s1. The molecular weight excluding hydrogens is 320 g/mol. The fourth-order valence-corrected chi connectivity index (χ4v) is 2.36. The van der Waals surface area contributed by atoms with Gasteiger partial charge < -0.3 is 0 Å². The van der Waals surface area contributed by atoms with Crippen LogP contribution in [0.25, 0.3) is 0 Å². The molecular formula is C14H17BrN4O. The highest BCUT2D eigenvalue weighted by Crippen LogP contribution is 2.26. The molecule has 1 aromatic rings. The number of carbonyl (C=O) groups excluding carboxylic acids is 1. The van der Waals surface area contributed by atoms with E-state index in [0.717, 1.165) is 15.9 Å². The minimum atomic E-state index is -0.778. The van der Waals surface area contributed by atoms with Gasteiger partial charge in [0.2, 0.25) is 5.91 Å². The molecule has 0 spiro atoms. The Labute approximate surface area is 127 Å². The number of nitrogens with zero attached hydrogens (tertiary/aromatic N) is 4. The average Bonchev–Trinajstić information content (AvgIpc) is 2.66. The maximum Gasteiger partial charge on any atom is 0.247 e. The summed E-state index contributed by atoms with van der Waals surface area (Å²) in [6.07, 6.45) is 0.137. The van der Waals surface area contributed by atoms with Gasteiger partial charge in [-0.25, -0.2) is 4.68 Å². The highest BCUT2D eigenvalue weighted by molar-refractivity contribution is 9.10. The topological polar surface area (TPSA) is 82.5 Å². The van der Waals surface area contributed by atoms with Gasteiger partial charge in [0.1, 0.15) is 5.92 Å². The van der Waals surface area contributed by atoms with E-state index >= 15 is 0 Å². The first-order chi connectivity index (χ1) is 9.33. The van der Waals surface area contributed by atoms with E-state index in [1.807, 2.05) is 32.9 Å². The van der Waals surface area contributed by atoms with Crippen molar-refractivity contribution < 1.29 is 4.79 Å². The van der Waals surface area contributed by atoms with Crippen LogP contribution in [0.3, 0.4) is 0 Å². The van der Waals surface area contributed by atoms with E-state index in [1.165, 1.54) is 4.68 Å². The normalized spacial score (nSPS) is 12.2. The maximum atomic E-state index is 12.3. The van der Waals surface area contributed by atoms with Crippen molar-refractivity contribution in [3.63, 3.8) is 0 Å². The van der Waals surface area contributed by atoms with Gasteiger partial charge in [0, 0.05) is 6.42 Å². The molecule has 1 rings (SSSR count). The number of rotatable bonds is 4. The lowest BCUT2D eigenvalue weighted by Crippen LogP contribution is -2.25.